The summed E-state index contributed by atoms with van der Waals surface area (Å²) >= 11 is 0. The fourth-order valence-corrected chi connectivity index (χ4v) is 4.53. The third kappa shape index (κ3) is 1.19. The van der Waals surface area contributed by atoms with Gasteiger partial charge in [-0.2, -0.15) is 0 Å². The fraction of sp³-hybridized carbons (Fsp3) is 0.917. The van der Waals surface area contributed by atoms with Crippen molar-refractivity contribution < 1.29 is 9.53 Å². The summed E-state index contributed by atoms with van der Waals surface area (Å²) < 4.78 is 4.99. The molecule has 3 heteroatoms. The second kappa shape index (κ2) is 2.97. The summed E-state index contributed by atoms with van der Waals surface area (Å²) in [6, 6.07) is 0.347. The molecule has 0 aromatic carbocycles. The summed E-state index contributed by atoms with van der Waals surface area (Å²) in [4.78, 5) is 11.9. The maximum absolute atomic E-state index is 11.9. The zero-order valence-corrected chi connectivity index (χ0v) is 9.24. The highest BCUT2D eigenvalue weighted by molar-refractivity contribution is 5.77. The van der Waals surface area contributed by atoms with Crippen LogP contribution in [-0.4, -0.2) is 19.1 Å². The van der Waals surface area contributed by atoms with Crippen LogP contribution in [0.4, 0.5) is 0 Å². The van der Waals surface area contributed by atoms with Crippen LogP contribution in [0.25, 0.3) is 0 Å². The molecule has 4 aliphatic carbocycles. The van der Waals surface area contributed by atoms with Crippen molar-refractivity contribution in [3.05, 3.63) is 0 Å². The zero-order chi connectivity index (χ0) is 10.6. The number of esters is 1. The summed E-state index contributed by atoms with van der Waals surface area (Å²) in [5.41, 5.74) is 6.06. The van der Waals surface area contributed by atoms with Crippen LogP contribution in [-0.2, 0) is 9.53 Å². The predicted octanol–water partition coefficient (Wildman–Crippen LogP) is 1.31. The second-order valence-corrected chi connectivity index (χ2v) is 5.82. The summed E-state index contributed by atoms with van der Waals surface area (Å²) in [7, 11) is 1.51. The smallest absolute Gasteiger partial charge is 0.311 e. The molecule has 0 spiro atoms. The summed E-state index contributed by atoms with van der Waals surface area (Å²) in [6.45, 7) is 0. The van der Waals surface area contributed by atoms with Crippen LogP contribution >= 0.6 is 0 Å². The van der Waals surface area contributed by atoms with Crippen LogP contribution in [0.15, 0.2) is 0 Å². The monoisotopic (exact) mass is 209 g/mol. The molecule has 4 bridgehead atoms. The Morgan fingerprint density at radius 2 is 1.87 bits per heavy atom. The van der Waals surface area contributed by atoms with Crippen molar-refractivity contribution in [2.75, 3.05) is 7.11 Å². The molecule has 0 radical (unpaired) electrons. The molecule has 4 fully saturated rings. The first kappa shape index (κ1) is 9.64. The van der Waals surface area contributed by atoms with Crippen molar-refractivity contribution in [3.63, 3.8) is 0 Å². The third-order valence-corrected chi connectivity index (χ3v) is 4.96. The topological polar surface area (TPSA) is 52.3 Å². The van der Waals surface area contributed by atoms with Crippen LogP contribution in [0.1, 0.15) is 32.1 Å². The van der Waals surface area contributed by atoms with Gasteiger partial charge in [-0.05, 0) is 49.9 Å². The van der Waals surface area contributed by atoms with E-state index in [4.69, 9.17) is 10.5 Å². The van der Waals surface area contributed by atoms with E-state index >= 15 is 0 Å². The molecule has 4 saturated carbocycles. The van der Waals surface area contributed by atoms with E-state index in [1.807, 2.05) is 0 Å². The van der Waals surface area contributed by atoms with Gasteiger partial charge >= 0.3 is 5.97 Å². The van der Waals surface area contributed by atoms with Crippen molar-refractivity contribution in [2.45, 2.75) is 38.1 Å². The van der Waals surface area contributed by atoms with Crippen LogP contribution in [0.2, 0.25) is 0 Å². The Kier molecular flexibility index (Phi) is 1.91. The van der Waals surface area contributed by atoms with Gasteiger partial charge in [0.25, 0.3) is 0 Å². The molecular formula is C12H19NO2. The molecule has 4 rings (SSSR count). The van der Waals surface area contributed by atoms with E-state index in [1.165, 1.54) is 20.0 Å². The normalized spacial score (nSPS) is 51.9. The van der Waals surface area contributed by atoms with E-state index in [9.17, 15) is 4.79 Å². The Hall–Kier alpha value is -0.570. The molecule has 0 aliphatic heterocycles. The van der Waals surface area contributed by atoms with Gasteiger partial charge in [-0.1, -0.05) is 0 Å². The minimum absolute atomic E-state index is 0.0220. The second-order valence-electron chi connectivity index (χ2n) is 5.82. The minimum atomic E-state index is -0.152. The molecular weight excluding hydrogens is 190 g/mol. The number of hydrogen-bond acceptors (Lipinski definition) is 3. The average molecular weight is 209 g/mol. The molecule has 2 unspecified atom stereocenters. The fourth-order valence-electron chi connectivity index (χ4n) is 4.53. The number of carbonyl (C=O) groups excluding carboxylic acids is 1. The average Bonchev–Trinajstić information content (AvgIpc) is 2.23. The summed E-state index contributed by atoms with van der Waals surface area (Å²) in [5.74, 6) is 1.92. The Bertz CT molecular complexity index is 286. The van der Waals surface area contributed by atoms with Gasteiger partial charge in [-0.15, -0.1) is 0 Å². The van der Waals surface area contributed by atoms with Gasteiger partial charge in [0.2, 0.25) is 0 Å². The highest BCUT2D eigenvalue weighted by Gasteiger charge is 2.58. The molecule has 0 heterocycles. The van der Waals surface area contributed by atoms with E-state index in [0.29, 0.717) is 17.9 Å². The highest BCUT2D eigenvalue weighted by atomic mass is 16.5. The lowest BCUT2D eigenvalue weighted by atomic mass is 9.48. The number of nitrogens with two attached hydrogens (primary N) is 1. The molecule has 15 heavy (non-hydrogen) atoms. The van der Waals surface area contributed by atoms with Crippen LogP contribution in [0.5, 0.6) is 0 Å². The Balaban J connectivity index is 1.92. The zero-order valence-electron chi connectivity index (χ0n) is 9.24. The molecule has 0 aromatic heterocycles. The Labute approximate surface area is 90.4 Å². The predicted molar refractivity (Wildman–Crippen MR) is 56.0 cm³/mol. The van der Waals surface area contributed by atoms with Crippen molar-refractivity contribution in [2.24, 2.45) is 28.9 Å². The third-order valence-electron chi connectivity index (χ3n) is 4.96. The molecule has 2 N–H and O–H groups in total. The van der Waals surface area contributed by atoms with Crippen molar-refractivity contribution in [1.82, 2.24) is 0 Å². The summed E-state index contributed by atoms with van der Waals surface area (Å²) in [6.07, 6.45) is 5.51. The number of ether oxygens (including phenoxy) is 1. The van der Waals surface area contributed by atoms with E-state index in [-0.39, 0.29) is 11.4 Å². The van der Waals surface area contributed by atoms with Crippen LogP contribution < -0.4 is 5.73 Å². The first-order valence-electron chi connectivity index (χ1n) is 5.98. The van der Waals surface area contributed by atoms with Gasteiger partial charge in [-0.3, -0.25) is 4.79 Å². The maximum Gasteiger partial charge on any atom is 0.311 e. The SMILES string of the molecule is COC(=O)[C@]12CC3C[C@H](C1)C(N)[C@@H](C3)C2. The molecule has 3 nitrogen and oxygen atoms in total. The van der Waals surface area contributed by atoms with Gasteiger partial charge in [0.15, 0.2) is 0 Å². The lowest BCUT2D eigenvalue weighted by Gasteiger charge is -2.57. The van der Waals surface area contributed by atoms with Crippen LogP contribution in [0, 0.1) is 23.2 Å². The van der Waals surface area contributed by atoms with E-state index in [2.05, 4.69) is 0 Å². The first-order chi connectivity index (χ1) is 7.14. The minimum Gasteiger partial charge on any atom is -0.469 e. The first-order valence-corrected chi connectivity index (χ1v) is 5.98. The van der Waals surface area contributed by atoms with Gasteiger partial charge in [0, 0.05) is 6.04 Å². The molecule has 5 atom stereocenters. The van der Waals surface area contributed by atoms with Crippen LogP contribution in [0.3, 0.4) is 0 Å². The van der Waals surface area contributed by atoms with Gasteiger partial charge in [-0.25, -0.2) is 0 Å². The molecule has 0 aromatic rings. The van der Waals surface area contributed by atoms with Gasteiger partial charge < -0.3 is 10.5 Å². The van der Waals surface area contributed by atoms with Crippen molar-refractivity contribution in [1.29, 1.82) is 0 Å². The van der Waals surface area contributed by atoms with E-state index < -0.39 is 0 Å². The number of hydrogen-bond donors (Lipinski definition) is 1. The lowest BCUT2D eigenvalue weighted by Crippen LogP contribution is -2.59. The van der Waals surface area contributed by atoms with E-state index in [1.54, 1.807) is 0 Å². The lowest BCUT2D eigenvalue weighted by molar-refractivity contribution is -0.169. The largest absolute Gasteiger partial charge is 0.469 e. The van der Waals surface area contributed by atoms with Crippen molar-refractivity contribution >= 4 is 5.97 Å². The molecule has 4 aliphatic rings. The number of methoxy groups -OCH3 is 1. The van der Waals surface area contributed by atoms with E-state index in [0.717, 1.165) is 25.2 Å². The molecule has 0 amide bonds. The Morgan fingerprint density at radius 1 is 1.27 bits per heavy atom. The quantitative estimate of drug-likeness (QED) is 0.662. The van der Waals surface area contributed by atoms with Gasteiger partial charge in [0.05, 0.1) is 12.5 Å². The maximum atomic E-state index is 11.9. The Morgan fingerprint density at radius 3 is 2.40 bits per heavy atom. The van der Waals surface area contributed by atoms with Crippen molar-refractivity contribution in [3.8, 4) is 0 Å². The summed E-state index contributed by atoms with van der Waals surface area (Å²) in [5, 5.41) is 0. The van der Waals surface area contributed by atoms with Gasteiger partial charge in [0.1, 0.15) is 0 Å². The molecule has 84 valence electrons. The number of carbonyl (C=O) groups is 1. The number of rotatable bonds is 1. The highest BCUT2D eigenvalue weighted by Crippen LogP contribution is 2.59. The molecule has 0 saturated heterocycles. The standard InChI is InChI=1S/C12H19NO2/c1-15-11(14)12-4-7-2-8(5-12)10(13)9(3-7)6-12/h7-10H,2-6,13H2,1H3/t7?,8-,9+,10?,12-.